The predicted octanol–water partition coefficient (Wildman–Crippen LogP) is 5.05. The molecule has 32 heavy (non-hydrogen) atoms. The number of unbranched alkanes of at least 4 members (excludes halogenated alkanes) is 1. The van der Waals surface area contributed by atoms with E-state index in [1.807, 2.05) is 48.5 Å². The minimum atomic E-state index is -0.283. The van der Waals surface area contributed by atoms with Gasteiger partial charge in [0.05, 0.1) is 18.4 Å². The number of piperidine rings is 1. The highest BCUT2D eigenvalue weighted by Gasteiger charge is 2.43. The van der Waals surface area contributed by atoms with Crippen molar-refractivity contribution in [3.05, 3.63) is 65.4 Å². The van der Waals surface area contributed by atoms with Gasteiger partial charge in [-0.15, -0.1) is 0 Å². The second kappa shape index (κ2) is 9.60. The minimum absolute atomic E-state index is 0.244. The van der Waals surface area contributed by atoms with Gasteiger partial charge in [-0.3, -0.25) is 9.59 Å². The van der Waals surface area contributed by atoms with Crippen molar-refractivity contribution in [3.63, 3.8) is 0 Å². The summed E-state index contributed by atoms with van der Waals surface area (Å²) in [6, 6.07) is 15.3. The number of hydrogen-bond donors (Lipinski definition) is 0. The molecule has 2 aromatic rings. The van der Waals surface area contributed by atoms with Gasteiger partial charge >= 0.3 is 0 Å². The first-order valence-electron chi connectivity index (χ1n) is 11.7. The summed E-state index contributed by atoms with van der Waals surface area (Å²) in [7, 11) is 1.59. The fourth-order valence-electron chi connectivity index (χ4n) is 4.56. The molecule has 0 atom stereocenters. The molecule has 5 heteroatoms. The molecule has 0 bridgehead atoms. The van der Waals surface area contributed by atoms with E-state index in [4.69, 9.17) is 4.74 Å². The number of aryl methyl sites for hydroxylation is 1. The summed E-state index contributed by atoms with van der Waals surface area (Å²) in [6.07, 6.45) is 5.28. The number of nitrogens with zero attached hydrogens (tertiary/aromatic N) is 2. The zero-order chi connectivity index (χ0) is 22.7. The molecule has 0 radical (unpaired) electrons. The van der Waals surface area contributed by atoms with Crippen LogP contribution in [0.2, 0.25) is 0 Å². The number of para-hydroxylation sites is 1. The van der Waals surface area contributed by atoms with Crippen molar-refractivity contribution < 1.29 is 14.3 Å². The van der Waals surface area contributed by atoms with Crippen LogP contribution in [0.4, 0.5) is 5.69 Å². The van der Waals surface area contributed by atoms with Gasteiger partial charge in [-0.1, -0.05) is 50.6 Å². The number of carbonyl (C=O) groups is 2. The van der Waals surface area contributed by atoms with Gasteiger partial charge in [0.15, 0.2) is 0 Å². The van der Waals surface area contributed by atoms with E-state index < -0.39 is 0 Å². The average Bonchev–Trinajstić information content (AvgIpc) is 3.08. The van der Waals surface area contributed by atoms with Gasteiger partial charge < -0.3 is 9.64 Å². The lowest BCUT2D eigenvalue weighted by Crippen LogP contribution is -2.38. The Morgan fingerprint density at radius 1 is 0.969 bits per heavy atom. The third-order valence-electron chi connectivity index (χ3n) is 6.55. The van der Waals surface area contributed by atoms with Crippen molar-refractivity contribution >= 4 is 23.1 Å². The third-order valence-corrected chi connectivity index (χ3v) is 6.55. The molecule has 1 fully saturated rings. The number of ether oxygens (including phenoxy) is 1. The largest absolute Gasteiger partial charge is 0.496 e. The highest BCUT2D eigenvalue weighted by atomic mass is 16.5. The molecule has 0 aliphatic carbocycles. The molecule has 1 saturated heterocycles. The third kappa shape index (κ3) is 4.16. The van der Waals surface area contributed by atoms with Crippen molar-refractivity contribution in [2.45, 2.75) is 46.0 Å². The first-order valence-corrected chi connectivity index (χ1v) is 11.7. The van der Waals surface area contributed by atoms with E-state index in [1.54, 1.807) is 7.11 Å². The molecule has 4 rings (SSSR count). The Kier molecular flexibility index (Phi) is 6.63. The van der Waals surface area contributed by atoms with E-state index in [0.717, 1.165) is 45.2 Å². The molecule has 0 unspecified atom stereocenters. The van der Waals surface area contributed by atoms with Gasteiger partial charge in [0.1, 0.15) is 11.4 Å². The lowest BCUT2D eigenvalue weighted by atomic mass is 9.97. The molecule has 2 aliphatic heterocycles. The molecule has 2 amide bonds. The molecule has 168 valence electrons. The second-order valence-electron chi connectivity index (χ2n) is 8.81. The van der Waals surface area contributed by atoms with Crippen LogP contribution in [0.1, 0.15) is 50.7 Å². The number of benzene rings is 2. The Morgan fingerprint density at radius 3 is 2.31 bits per heavy atom. The average molecular weight is 433 g/mol. The first-order chi connectivity index (χ1) is 15.5. The van der Waals surface area contributed by atoms with E-state index in [1.165, 1.54) is 10.5 Å². The van der Waals surface area contributed by atoms with E-state index in [9.17, 15) is 9.59 Å². The minimum Gasteiger partial charge on any atom is -0.496 e. The fourth-order valence-corrected chi connectivity index (χ4v) is 4.56. The van der Waals surface area contributed by atoms with Crippen LogP contribution in [0.3, 0.4) is 0 Å². The number of hydrogen-bond acceptors (Lipinski definition) is 4. The van der Waals surface area contributed by atoms with Crippen LogP contribution in [0, 0.1) is 5.92 Å². The summed E-state index contributed by atoms with van der Waals surface area (Å²) < 4.78 is 5.55. The summed E-state index contributed by atoms with van der Waals surface area (Å²) in [5, 5.41) is 0. The van der Waals surface area contributed by atoms with E-state index in [0.29, 0.717) is 34.2 Å². The molecule has 0 aromatic heterocycles. The van der Waals surface area contributed by atoms with E-state index in [-0.39, 0.29) is 11.8 Å². The fraction of sp³-hybridized carbons (Fsp3) is 0.407. The smallest absolute Gasteiger partial charge is 0.282 e. The molecule has 0 N–H and O–H groups in total. The van der Waals surface area contributed by atoms with Crippen molar-refractivity contribution in [3.8, 4) is 5.75 Å². The Labute approximate surface area is 190 Å². The Balaban J connectivity index is 1.75. The van der Waals surface area contributed by atoms with Crippen molar-refractivity contribution in [2.75, 3.05) is 25.1 Å². The molecule has 5 nitrogen and oxygen atoms in total. The van der Waals surface area contributed by atoms with Crippen LogP contribution >= 0.6 is 0 Å². The normalized spacial score (nSPS) is 17.5. The number of rotatable bonds is 7. The molecule has 2 heterocycles. The number of imide groups is 1. The summed E-state index contributed by atoms with van der Waals surface area (Å²) in [4.78, 5) is 30.9. The maximum atomic E-state index is 13.7. The van der Waals surface area contributed by atoms with Gasteiger partial charge in [0.2, 0.25) is 0 Å². The van der Waals surface area contributed by atoms with Gasteiger partial charge in [0, 0.05) is 18.7 Å². The molecular formula is C27H32N2O3. The number of methoxy groups -OCH3 is 1. The lowest BCUT2D eigenvalue weighted by molar-refractivity contribution is -0.120. The molecule has 2 aliphatic rings. The Bertz CT molecular complexity index is 1020. The van der Waals surface area contributed by atoms with Crippen LogP contribution in [-0.4, -0.2) is 36.9 Å². The number of anilines is 1. The molecule has 2 aromatic carbocycles. The summed E-state index contributed by atoms with van der Waals surface area (Å²) in [5.74, 6) is 0.699. The monoisotopic (exact) mass is 432 g/mol. The first kappa shape index (κ1) is 22.1. The van der Waals surface area contributed by atoms with Crippen molar-refractivity contribution in [2.24, 2.45) is 5.92 Å². The molecule has 0 spiro atoms. The Hall–Kier alpha value is -3.08. The van der Waals surface area contributed by atoms with Crippen LogP contribution in [0.15, 0.2) is 54.2 Å². The standard InChI is InChI=1S/C27H32N2O3/c1-4-5-8-20-11-13-21(14-12-20)29-26(30)24(22-9-6-7-10-23(22)32-3)25(27(29)31)28-17-15-19(2)16-18-28/h6-7,9-14,19H,4-5,8,15-18H2,1-3H3. The van der Waals surface area contributed by atoms with Crippen molar-refractivity contribution in [1.29, 1.82) is 0 Å². The van der Waals surface area contributed by atoms with Crippen molar-refractivity contribution in [1.82, 2.24) is 4.90 Å². The topological polar surface area (TPSA) is 49.9 Å². The van der Waals surface area contributed by atoms with Gasteiger partial charge in [0.25, 0.3) is 11.8 Å². The van der Waals surface area contributed by atoms with Gasteiger partial charge in [-0.25, -0.2) is 4.90 Å². The van der Waals surface area contributed by atoms with Gasteiger partial charge in [-0.2, -0.15) is 0 Å². The Morgan fingerprint density at radius 2 is 1.66 bits per heavy atom. The summed E-state index contributed by atoms with van der Waals surface area (Å²) in [6.45, 7) is 5.96. The summed E-state index contributed by atoms with van der Waals surface area (Å²) >= 11 is 0. The zero-order valence-electron chi connectivity index (χ0n) is 19.3. The predicted molar refractivity (Wildman–Crippen MR) is 127 cm³/mol. The van der Waals surface area contributed by atoms with Crippen LogP contribution in [0.5, 0.6) is 5.75 Å². The number of likely N-dealkylation sites (tertiary alicyclic amines) is 1. The van der Waals surface area contributed by atoms with Crippen LogP contribution in [0.25, 0.3) is 5.57 Å². The summed E-state index contributed by atoms with van der Waals surface area (Å²) in [5.41, 5.74) is 3.45. The zero-order valence-corrected chi connectivity index (χ0v) is 19.3. The second-order valence-corrected chi connectivity index (χ2v) is 8.81. The maximum Gasteiger partial charge on any atom is 0.282 e. The quantitative estimate of drug-likeness (QED) is 0.574. The van der Waals surface area contributed by atoms with Gasteiger partial charge in [-0.05, 0) is 55.4 Å². The van der Waals surface area contributed by atoms with E-state index >= 15 is 0 Å². The highest BCUT2D eigenvalue weighted by Crippen LogP contribution is 2.39. The van der Waals surface area contributed by atoms with Crippen LogP contribution < -0.4 is 9.64 Å². The van der Waals surface area contributed by atoms with E-state index in [2.05, 4.69) is 18.7 Å². The lowest BCUT2D eigenvalue weighted by Gasteiger charge is -2.32. The number of amides is 2. The number of carbonyl (C=O) groups excluding carboxylic acids is 2. The highest BCUT2D eigenvalue weighted by molar-refractivity contribution is 6.45. The SMILES string of the molecule is CCCCc1ccc(N2C(=O)C(c3ccccc3OC)=C(N3CCC(C)CC3)C2=O)cc1. The molecular weight excluding hydrogens is 400 g/mol. The molecule has 0 saturated carbocycles. The maximum absolute atomic E-state index is 13.7. The van der Waals surface area contributed by atoms with Crippen LogP contribution in [-0.2, 0) is 16.0 Å².